The molecule has 1 aromatic carbocycles. The van der Waals surface area contributed by atoms with Crippen LogP contribution in [0.2, 0.25) is 0 Å². The summed E-state index contributed by atoms with van der Waals surface area (Å²) in [7, 11) is 1.01. The van der Waals surface area contributed by atoms with Crippen LogP contribution in [0.25, 0.3) is 0 Å². The van der Waals surface area contributed by atoms with Crippen molar-refractivity contribution in [3.8, 4) is 0 Å². The minimum Gasteiger partial charge on any atom is -0.468 e. The first-order chi connectivity index (χ1) is 7.41. The Morgan fingerprint density at radius 3 is 2.56 bits per heavy atom. The van der Waals surface area contributed by atoms with Gasteiger partial charge in [0.1, 0.15) is 0 Å². The molecule has 88 valence electrons. The number of carbonyl (C=O) groups is 1. The van der Waals surface area contributed by atoms with Gasteiger partial charge in [-0.15, -0.1) is 0 Å². The normalized spacial score (nSPS) is 13.3. The van der Waals surface area contributed by atoms with E-state index in [2.05, 4.69) is 20.7 Å². The molecule has 0 saturated heterocycles. The van der Waals surface area contributed by atoms with E-state index in [-0.39, 0.29) is 10.0 Å². The van der Waals surface area contributed by atoms with Crippen LogP contribution in [0.1, 0.15) is 5.56 Å². The number of benzene rings is 1. The molecule has 0 spiro atoms. The van der Waals surface area contributed by atoms with Gasteiger partial charge in [-0.05, 0) is 6.07 Å². The van der Waals surface area contributed by atoms with E-state index >= 15 is 0 Å². The molecular weight excluding hydrogens is 284 g/mol. The average molecular weight is 294 g/mol. The summed E-state index contributed by atoms with van der Waals surface area (Å²) < 4.78 is 32.0. The molecule has 0 radical (unpaired) electrons. The van der Waals surface area contributed by atoms with Gasteiger partial charge in [-0.25, -0.2) is 0 Å². The molecule has 0 aromatic heterocycles. The quantitative estimate of drug-likeness (QED) is 0.868. The Morgan fingerprint density at radius 2 is 2.06 bits per heavy atom. The number of carbonyl (C=O) groups excluding carboxylic acids is 1. The van der Waals surface area contributed by atoms with E-state index in [0.29, 0.717) is 0 Å². The van der Waals surface area contributed by atoms with Crippen molar-refractivity contribution in [2.75, 3.05) is 7.11 Å². The summed E-state index contributed by atoms with van der Waals surface area (Å²) in [5.41, 5.74) is 4.82. The zero-order chi connectivity index (χ0) is 12.3. The fraction of sp³-hybridized carbons (Fsp3) is 0.300. The van der Waals surface area contributed by atoms with Gasteiger partial charge in [-0.2, -0.15) is 8.78 Å². The number of alkyl halides is 2. The van der Waals surface area contributed by atoms with E-state index in [0.717, 1.165) is 7.11 Å². The SMILES string of the molecule is COC(=O)C(N)C(F)(F)c1ccccc1Br. The lowest BCUT2D eigenvalue weighted by molar-refractivity contribution is -0.153. The monoisotopic (exact) mass is 293 g/mol. The summed E-state index contributed by atoms with van der Waals surface area (Å²) in [6.07, 6.45) is 0. The zero-order valence-electron chi connectivity index (χ0n) is 8.41. The smallest absolute Gasteiger partial charge is 0.329 e. The van der Waals surface area contributed by atoms with Crippen molar-refractivity contribution in [1.29, 1.82) is 0 Å². The highest BCUT2D eigenvalue weighted by atomic mass is 79.9. The lowest BCUT2D eigenvalue weighted by Gasteiger charge is -2.22. The molecule has 6 heteroatoms. The minimum absolute atomic E-state index is 0.194. The minimum atomic E-state index is -3.48. The first kappa shape index (κ1) is 13.1. The van der Waals surface area contributed by atoms with Crippen molar-refractivity contribution < 1.29 is 18.3 Å². The van der Waals surface area contributed by atoms with E-state index < -0.39 is 17.9 Å². The molecule has 1 unspecified atom stereocenters. The van der Waals surface area contributed by atoms with Crippen LogP contribution >= 0.6 is 15.9 Å². The van der Waals surface area contributed by atoms with Gasteiger partial charge in [-0.3, -0.25) is 4.79 Å². The molecule has 0 saturated carbocycles. The Labute approximate surface area is 99.7 Å². The van der Waals surface area contributed by atoms with Crippen LogP contribution in [0.3, 0.4) is 0 Å². The predicted molar refractivity (Wildman–Crippen MR) is 58.0 cm³/mol. The Kier molecular flexibility index (Phi) is 3.98. The molecule has 1 aromatic rings. The van der Waals surface area contributed by atoms with Crippen LogP contribution < -0.4 is 5.73 Å². The van der Waals surface area contributed by atoms with Crippen LogP contribution in [-0.4, -0.2) is 19.1 Å². The molecule has 1 atom stereocenters. The molecule has 0 aliphatic rings. The molecule has 2 N–H and O–H groups in total. The second kappa shape index (κ2) is 4.88. The molecule has 0 fully saturated rings. The van der Waals surface area contributed by atoms with Gasteiger partial charge in [0.2, 0.25) is 0 Å². The highest BCUT2D eigenvalue weighted by molar-refractivity contribution is 9.10. The molecule has 16 heavy (non-hydrogen) atoms. The number of hydrogen-bond acceptors (Lipinski definition) is 3. The third-order valence-corrected chi connectivity index (χ3v) is 2.77. The first-order valence-electron chi connectivity index (χ1n) is 4.37. The molecule has 3 nitrogen and oxygen atoms in total. The van der Waals surface area contributed by atoms with Crippen LogP contribution in [0.4, 0.5) is 8.78 Å². The summed E-state index contributed by atoms with van der Waals surface area (Å²) in [6.45, 7) is 0. The second-order valence-corrected chi connectivity index (χ2v) is 3.96. The molecule has 0 aliphatic heterocycles. The highest BCUT2D eigenvalue weighted by Crippen LogP contribution is 2.35. The number of ether oxygens (including phenoxy) is 1. The largest absolute Gasteiger partial charge is 0.468 e. The molecule has 1 rings (SSSR count). The van der Waals surface area contributed by atoms with Gasteiger partial charge >= 0.3 is 5.97 Å². The lowest BCUT2D eigenvalue weighted by Crippen LogP contribution is -2.45. The van der Waals surface area contributed by atoms with Gasteiger partial charge in [0.05, 0.1) is 7.11 Å². The standard InChI is InChI=1S/C10H10BrF2NO2/c1-16-9(15)8(14)10(12,13)6-4-2-3-5-7(6)11/h2-5,8H,14H2,1H3. The maximum Gasteiger partial charge on any atom is 0.329 e. The number of halogens is 3. The zero-order valence-corrected chi connectivity index (χ0v) is 10.0. The van der Waals surface area contributed by atoms with Gasteiger partial charge in [0, 0.05) is 10.0 Å². The molecule has 0 aliphatic carbocycles. The van der Waals surface area contributed by atoms with Crippen LogP contribution in [0.15, 0.2) is 28.7 Å². The van der Waals surface area contributed by atoms with Crippen LogP contribution in [0.5, 0.6) is 0 Å². The first-order valence-corrected chi connectivity index (χ1v) is 5.16. The third-order valence-electron chi connectivity index (χ3n) is 2.08. The van der Waals surface area contributed by atoms with Crippen molar-refractivity contribution in [2.24, 2.45) is 5.73 Å². The number of methoxy groups -OCH3 is 1. The molecular formula is C10H10BrF2NO2. The van der Waals surface area contributed by atoms with E-state index in [4.69, 9.17) is 5.73 Å². The summed E-state index contributed by atoms with van der Waals surface area (Å²) >= 11 is 2.98. The third kappa shape index (κ3) is 2.38. The van der Waals surface area contributed by atoms with E-state index in [1.807, 2.05) is 0 Å². The van der Waals surface area contributed by atoms with E-state index in [9.17, 15) is 13.6 Å². The number of esters is 1. The van der Waals surface area contributed by atoms with Gasteiger partial charge < -0.3 is 10.5 Å². The number of hydrogen-bond donors (Lipinski definition) is 1. The molecule has 0 heterocycles. The van der Waals surface area contributed by atoms with Crippen molar-refractivity contribution in [3.63, 3.8) is 0 Å². The fourth-order valence-corrected chi connectivity index (χ4v) is 1.72. The maximum atomic E-state index is 13.8. The Morgan fingerprint density at radius 1 is 1.50 bits per heavy atom. The molecule has 0 amide bonds. The van der Waals surface area contributed by atoms with E-state index in [1.54, 1.807) is 6.07 Å². The maximum absolute atomic E-state index is 13.8. The highest BCUT2D eigenvalue weighted by Gasteiger charge is 2.45. The fourth-order valence-electron chi connectivity index (χ4n) is 1.17. The summed E-state index contributed by atoms with van der Waals surface area (Å²) in [5, 5.41) is 0. The Hall–Kier alpha value is -1.01. The van der Waals surface area contributed by atoms with Gasteiger partial charge in [0.15, 0.2) is 6.04 Å². The predicted octanol–water partition coefficient (Wildman–Crippen LogP) is 2.04. The van der Waals surface area contributed by atoms with Crippen LogP contribution in [-0.2, 0) is 15.5 Å². The Balaban J connectivity index is 3.11. The van der Waals surface area contributed by atoms with Crippen molar-refractivity contribution in [3.05, 3.63) is 34.3 Å². The van der Waals surface area contributed by atoms with Crippen molar-refractivity contribution in [2.45, 2.75) is 12.0 Å². The Bertz CT molecular complexity index is 398. The van der Waals surface area contributed by atoms with Crippen LogP contribution in [0, 0.1) is 0 Å². The van der Waals surface area contributed by atoms with Gasteiger partial charge in [-0.1, -0.05) is 34.1 Å². The average Bonchev–Trinajstić information content (AvgIpc) is 2.27. The summed E-state index contributed by atoms with van der Waals surface area (Å²) in [6, 6.07) is 3.67. The van der Waals surface area contributed by atoms with Crippen molar-refractivity contribution in [1.82, 2.24) is 0 Å². The lowest BCUT2D eigenvalue weighted by atomic mass is 10.0. The van der Waals surface area contributed by atoms with E-state index in [1.165, 1.54) is 18.2 Å². The van der Waals surface area contributed by atoms with Crippen molar-refractivity contribution >= 4 is 21.9 Å². The molecule has 0 bridgehead atoms. The summed E-state index contributed by atoms with van der Waals surface area (Å²) in [5.74, 6) is -4.63. The van der Waals surface area contributed by atoms with Gasteiger partial charge in [0.25, 0.3) is 5.92 Å². The topological polar surface area (TPSA) is 52.3 Å². The second-order valence-electron chi connectivity index (χ2n) is 3.10. The summed E-state index contributed by atoms with van der Waals surface area (Å²) in [4.78, 5) is 11.0. The number of nitrogens with two attached hydrogens (primary N) is 1. The number of rotatable bonds is 3.